The molecular weight excluding hydrogens is 412 g/mol. The van der Waals surface area contributed by atoms with Gasteiger partial charge in [-0.2, -0.15) is 4.31 Å². The predicted molar refractivity (Wildman–Crippen MR) is 122 cm³/mol. The minimum absolute atomic E-state index is 0.0590. The molecule has 1 saturated carbocycles. The van der Waals surface area contributed by atoms with Gasteiger partial charge in [0.25, 0.3) is 5.91 Å². The average Bonchev–Trinajstić information content (AvgIpc) is 2.76. The minimum Gasteiger partial charge on any atom is -0.497 e. The Bertz CT molecular complexity index is 948. The molecule has 2 aromatic rings. The molecule has 1 N–H and O–H groups in total. The molecule has 1 amide bonds. The van der Waals surface area contributed by atoms with Crippen molar-refractivity contribution in [2.24, 2.45) is 0 Å². The van der Waals surface area contributed by atoms with E-state index in [1.165, 1.54) is 55.7 Å². The summed E-state index contributed by atoms with van der Waals surface area (Å²) in [6, 6.07) is 13.7. The highest BCUT2D eigenvalue weighted by molar-refractivity contribution is 7.89. The van der Waals surface area contributed by atoms with Crippen LogP contribution >= 0.6 is 0 Å². The first-order valence-electron chi connectivity index (χ1n) is 10.9. The molecule has 168 valence electrons. The monoisotopic (exact) mass is 444 g/mol. The van der Waals surface area contributed by atoms with Crippen molar-refractivity contribution in [3.8, 4) is 5.75 Å². The quantitative estimate of drug-likeness (QED) is 0.689. The zero-order chi connectivity index (χ0) is 22.3. The smallest absolute Gasteiger partial charge is 0.251 e. The number of nitrogens with one attached hydrogen (secondary N) is 1. The topological polar surface area (TPSA) is 75.7 Å². The zero-order valence-corrected chi connectivity index (χ0v) is 19.2. The molecule has 0 saturated heterocycles. The maximum Gasteiger partial charge on any atom is 0.251 e. The van der Waals surface area contributed by atoms with Gasteiger partial charge >= 0.3 is 0 Å². The fourth-order valence-corrected chi connectivity index (χ4v) is 5.06. The first-order valence-corrected chi connectivity index (χ1v) is 12.3. The zero-order valence-electron chi connectivity index (χ0n) is 18.3. The van der Waals surface area contributed by atoms with E-state index in [1.807, 2.05) is 12.1 Å². The van der Waals surface area contributed by atoms with Crippen LogP contribution in [-0.4, -0.2) is 38.8 Å². The van der Waals surface area contributed by atoms with Crippen molar-refractivity contribution in [3.63, 3.8) is 0 Å². The van der Waals surface area contributed by atoms with E-state index >= 15 is 0 Å². The molecule has 0 unspecified atom stereocenters. The summed E-state index contributed by atoms with van der Waals surface area (Å²) in [4.78, 5) is 12.8. The second-order valence-electron chi connectivity index (χ2n) is 8.15. The van der Waals surface area contributed by atoms with Crippen LogP contribution in [0.1, 0.15) is 60.9 Å². The number of nitrogens with zero attached hydrogens (tertiary/aromatic N) is 1. The van der Waals surface area contributed by atoms with Crippen LogP contribution < -0.4 is 10.1 Å². The number of amides is 1. The highest BCUT2D eigenvalue weighted by Gasteiger charge is 2.21. The molecule has 0 radical (unpaired) electrons. The SMILES string of the molecule is COc1ccc(S(=O)(=O)N(C)Cc2ccc(C(=O)NC3CCCCCCC3)cc2)cc1. The van der Waals surface area contributed by atoms with Gasteiger partial charge in [-0.05, 0) is 54.8 Å². The van der Waals surface area contributed by atoms with Gasteiger partial charge in [0.1, 0.15) is 5.75 Å². The Kier molecular flexibility index (Phi) is 8.09. The van der Waals surface area contributed by atoms with Crippen LogP contribution in [0.2, 0.25) is 0 Å². The number of hydrogen-bond acceptors (Lipinski definition) is 4. The van der Waals surface area contributed by atoms with E-state index in [1.54, 1.807) is 31.3 Å². The Morgan fingerprint density at radius 1 is 0.968 bits per heavy atom. The minimum atomic E-state index is -3.62. The fraction of sp³-hybridized carbons (Fsp3) is 0.458. The van der Waals surface area contributed by atoms with Gasteiger partial charge in [-0.25, -0.2) is 8.42 Å². The lowest BCUT2D eigenvalue weighted by Gasteiger charge is -2.21. The lowest BCUT2D eigenvalue weighted by atomic mass is 9.96. The number of rotatable bonds is 7. The molecule has 7 heteroatoms. The third-order valence-electron chi connectivity index (χ3n) is 5.83. The molecule has 6 nitrogen and oxygen atoms in total. The van der Waals surface area contributed by atoms with Crippen LogP contribution in [0.25, 0.3) is 0 Å². The van der Waals surface area contributed by atoms with E-state index in [9.17, 15) is 13.2 Å². The van der Waals surface area contributed by atoms with Crippen LogP contribution in [0.3, 0.4) is 0 Å². The molecule has 0 spiro atoms. The largest absolute Gasteiger partial charge is 0.497 e. The Morgan fingerprint density at radius 2 is 1.55 bits per heavy atom. The molecule has 1 aliphatic rings. The molecular formula is C24H32N2O4S. The first-order chi connectivity index (χ1) is 14.9. The molecule has 2 aromatic carbocycles. The van der Waals surface area contributed by atoms with Crippen molar-refractivity contribution in [2.45, 2.75) is 62.4 Å². The highest BCUT2D eigenvalue weighted by Crippen LogP contribution is 2.21. The van der Waals surface area contributed by atoms with Gasteiger partial charge in [0.2, 0.25) is 10.0 Å². The van der Waals surface area contributed by atoms with Gasteiger partial charge in [-0.3, -0.25) is 4.79 Å². The standard InChI is InChI=1S/C24H32N2O4S/c1-26(31(28,29)23-16-14-22(30-2)15-17-23)18-19-10-12-20(13-11-19)24(27)25-21-8-6-4-3-5-7-9-21/h10-17,21H,3-9,18H2,1-2H3,(H,25,27). The van der Waals surface area contributed by atoms with Crippen LogP contribution in [0.4, 0.5) is 0 Å². The number of ether oxygens (including phenoxy) is 1. The summed E-state index contributed by atoms with van der Waals surface area (Å²) in [7, 11) is -0.526. The van der Waals surface area contributed by atoms with E-state index in [-0.39, 0.29) is 23.4 Å². The molecule has 1 aliphatic carbocycles. The number of carbonyl (C=O) groups is 1. The van der Waals surface area contributed by atoms with Gasteiger partial charge in [0.15, 0.2) is 0 Å². The molecule has 1 fully saturated rings. The average molecular weight is 445 g/mol. The highest BCUT2D eigenvalue weighted by atomic mass is 32.2. The predicted octanol–water partition coefficient (Wildman–Crippen LogP) is 4.36. The third kappa shape index (κ3) is 6.31. The summed E-state index contributed by atoms with van der Waals surface area (Å²) < 4.78 is 32.0. The molecule has 31 heavy (non-hydrogen) atoms. The summed E-state index contributed by atoms with van der Waals surface area (Å²) in [6.45, 7) is 0.221. The van der Waals surface area contributed by atoms with Gasteiger partial charge < -0.3 is 10.1 Å². The maximum absolute atomic E-state index is 12.8. The van der Waals surface area contributed by atoms with Crippen LogP contribution in [-0.2, 0) is 16.6 Å². The molecule has 0 aromatic heterocycles. The van der Waals surface area contributed by atoms with Crippen LogP contribution in [0.5, 0.6) is 5.75 Å². The van der Waals surface area contributed by atoms with Crippen molar-refractivity contribution < 1.29 is 17.9 Å². The lowest BCUT2D eigenvalue weighted by molar-refractivity contribution is 0.0930. The second-order valence-corrected chi connectivity index (χ2v) is 10.2. The van der Waals surface area contributed by atoms with Crippen molar-refractivity contribution in [3.05, 3.63) is 59.7 Å². The lowest BCUT2D eigenvalue weighted by Crippen LogP contribution is -2.35. The Balaban J connectivity index is 1.60. The Hall–Kier alpha value is -2.38. The number of methoxy groups -OCH3 is 1. The molecule has 0 heterocycles. The summed E-state index contributed by atoms with van der Waals surface area (Å²) >= 11 is 0. The van der Waals surface area contributed by atoms with Crippen molar-refractivity contribution in [1.82, 2.24) is 9.62 Å². The Labute approximate surface area is 185 Å². The normalized spacial score (nSPS) is 15.8. The summed E-state index contributed by atoms with van der Waals surface area (Å²) in [6.07, 6.45) is 8.19. The molecule has 3 rings (SSSR count). The summed E-state index contributed by atoms with van der Waals surface area (Å²) in [5.74, 6) is 0.547. The van der Waals surface area contributed by atoms with Gasteiger partial charge in [-0.15, -0.1) is 0 Å². The van der Waals surface area contributed by atoms with Crippen molar-refractivity contribution in [2.75, 3.05) is 14.2 Å². The second kappa shape index (κ2) is 10.8. The van der Waals surface area contributed by atoms with E-state index in [4.69, 9.17) is 4.74 Å². The van der Waals surface area contributed by atoms with Crippen molar-refractivity contribution in [1.29, 1.82) is 0 Å². The van der Waals surface area contributed by atoms with Crippen LogP contribution in [0, 0.1) is 0 Å². The number of carbonyl (C=O) groups excluding carboxylic acids is 1. The molecule has 0 atom stereocenters. The maximum atomic E-state index is 12.8. The number of sulfonamides is 1. The summed E-state index contributed by atoms with van der Waals surface area (Å²) in [5, 5.41) is 3.16. The van der Waals surface area contributed by atoms with E-state index < -0.39 is 10.0 Å². The fourth-order valence-electron chi connectivity index (χ4n) is 3.90. The van der Waals surface area contributed by atoms with Crippen LogP contribution in [0.15, 0.2) is 53.4 Å². The third-order valence-corrected chi connectivity index (χ3v) is 7.65. The van der Waals surface area contributed by atoms with Gasteiger partial charge in [0.05, 0.1) is 12.0 Å². The Morgan fingerprint density at radius 3 is 2.13 bits per heavy atom. The van der Waals surface area contributed by atoms with E-state index in [2.05, 4.69) is 5.32 Å². The van der Waals surface area contributed by atoms with Gasteiger partial charge in [0, 0.05) is 25.2 Å². The van der Waals surface area contributed by atoms with E-state index in [0.717, 1.165) is 18.4 Å². The molecule has 0 bridgehead atoms. The van der Waals surface area contributed by atoms with Gasteiger partial charge in [-0.1, -0.05) is 44.2 Å². The summed E-state index contributed by atoms with van der Waals surface area (Å²) in [5.41, 5.74) is 1.42. The number of hydrogen-bond donors (Lipinski definition) is 1. The number of benzene rings is 2. The van der Waals surface area contributed by atoms with E-state index in [0.29, 0.717) is 11.3 Å². The molecule has 0 aliphatic heterocycles. The first kappa shape index (κ1) is 23.3. The van der Waals surface area contributed by atoms with Crippen molar-refractivity contribution >= 4 is 15.9 Å².